The number of rotatable bonds is 32. The Kier molecular flexibility index (Phi) is 29.4. The van der Waals surface area contributed by atoms with Crippen molar-refractivity contribution in [3.05, 3.63) is 0 Å². The zero-order valence-electron chi connectivity index (χ0n) is 27.1. The van der Waals surface area contributed by atoms with E-state index in [9.17, 15) is 19.0 Å². The van der Waals surface area contributed by atoms with Crippen molar-refractivity contribution in [2.75, 3.05) is 13.2 Å². The molecule has 0 heterocycles. The molecule has 0 fully saturated rings. The summed E-state index contributed by atoms with van der Waals surface area (Å²) in [5, 5.41) is 0. The van der Waals surface area contributed by atoms with E-state index in [1.54, 1.807) is 0 Å². The molecule has 8 nitrogen and oxygen atoms in total. The van der Waals surface area contributed by atoms with Gasteiger partial charge in [0.15, 0.2) is 6.10 Å². The maximum atomic E-state index is 12.3. The third-order valence-corrected chi connectivity index (χ3v) is 8.10. The zero-order valence-corrected chi connectivity index (χ0v) is 28.0. The highest BCUT2D eigenvalue weighted by atomic mass is 31.2. The third-order valence-electron chi connectivity index (χ3n) is 7.62. The maximum Gasteiger partial charge on any atom is 0.306 e. The largest absolute Gasteiger partial charge is 0.756 e. The Labute approximate surface area is 257 Å². The standard InChI is InChI=1S/C33H65O8P/c1-3-5-7-9-11-13-15-16-18-19-21-23-25-27-32(34)39-29-31(30-40-42(36,37)38)41-33(35)28-26-24-22-20-17-14-12-10-8-6-4-2/h31H,3-30H2,1-2H3,(H2,36,37,38)/p-1/t31-/m1/s1. The molecular formula is C33H64O8P-. The van der Waals surface area contributed by atoms with Crippen LogP contribution in [0.25, 0.3) is 0 Å². The van der Waals surface area contributed by atoms with Gasteiger partial charge >= 0.3 is 11.9 Å². The van der Waals surface area contributed by atoms with Crippen LogP contribution in [0.4, 0.5) is 0 Å². The van der Waals surface area contributed by atoms with Gasteiger partial charge in [-0.2, -0.15) is 0 Å². The summed E-state index contributed by atoms with van der Waals surface area (Å²) >= 11 is 0. The molecule has 250 valence electrons. The van der Waals surface area contributed by atoms with Crippen LogP contribution in [-0.2, 0) is 28.2 Å². The molecule has 0 bridgehead atoms. The summed E-state index contributed by atoms with van der Waals surface area (Å²) in [7, 11) is -4.98. The summed E-state index contributed by atoms with van der Waals surface area (Å²) < 4.78 is 25.9. The van der Waals surface area contributed by atoms with Crippen molar-refractivity contribution in [2.24, 2.45) is 0 Å². The predicted molar refractivity (Wildman–Crippen MR) is 168 cm³/mol. The summed E-state index contributed by atoms with van der Waals surface area (Å²) in [6, 6.07) is 0. The van der Waals surface area contributed by atoms with Gasteiger partial charge in [-0.3, -0.25) is 14.2 Å². The highest BCUT2D eigenvalue weighted by Gasteiger charge is 2.19. The lowest BCUT2D eigenvalue weighted by molar-refractivity contribution is -0.223. The second-order valence-electron chi connectivity index (χ2n) is 11.8. The minimum atomic E-state index is -4.98. The number of hydrogen-bond donors (Lipinski definition) is 1. The summed E-state index contributed by atoms with van der Waals surface area (Å²) in [5.41, 5.74) is 0. The number of phosphoric acid groups is 1. The fourth-order valence-electron chi connectivity index (χ4n) is 5.02. The van der Waals surface area contributed by atoms with Gasteiger partial charge < -0.3 is 23.8 Å². The maximum absolute atomic E-state index is 12.3. The molecule has 9 heteroatoms. The number of esters is 2. The number of carbonyl (C=O) groups excluding carboxylic acids is 2. The SMILES string of the molecule is CCCCCCCCCCCCCCCC(=O)OC[C@H](COP(=O)([O-])O)OC(=O)CCCCCCCCCCCCC. The smallest absolute Gasteiger partial charge is 0.306 e. The van der Waals surface area contributed by atoms with Crippen molar-refractivity contribution >= 4 is 19.8 Å². The van der Waals surface area contributed by atoms with Crippen LogP contribution in [0.3, 0.4) is 0 Å². The van der Waals surface area contributed by atoms with Gasteiger partial charge in [-0.25, -0.2) is 0 Å². The van der Waals surface area contributed by atoms with Gasteiger partial charge in [0.05, 0.1) is 6.61 Å². The lowest BCUT2D eigenvalue weighted by Crippen LogP contribution is -2.30. The Morgan fingerprint density at radius 2 is 0.905 bits per heavy atom. The average Bonchev–Trinajstić information content (AvgIpc) is 2.95. The van der Waals surface area contributed by atoms with E-state index >= 15 is 0 Å². The van der Waals surface area contributed by atoms with E-state index in [0.717, 1.165) is 38.5 Å². The molecule has 1 unspecified atom stereocenters. The molecule has 1 N–H and O–H groups in total. The zero-order chi connectivity index (χ0) is 31.2. The van der Waals surface area contributed by atoms with Crippen LogP contribution in [0.5, 0.6) is 0 Å². The van der Waals surface area contributed by atoms with Crippen molar-refractivity contribution in [1.82, 2.24) is 0 Å². The normalized spacial score (nSPS) is 13.5. The highest BCUT2D eigenvalue weighted by molar-refractivity contribution is 7.44. The fraction of sp³-hybridized carbons (Fsp3) is 0.939. The molecule has 0 aliphatic heterocycles. The number of carbonyl (C=O) groups is 2. The Balaban J connectivity index is 3.96. The van der Waals surface area contributed by atoms with E-state index < -0.39 is 32.5 Å². The van der Waals surface area contributed by atoms with Gasteiger partial charge in [0.25, 0.3) is 7.82 Å². The van der Waals surface area contributed by atoms with E-state index in [0.29, 0.717) is 6.42 Å². The first kappa shape index (κ1) is 41.0. The van der Waals surface area contributed by atoms with Crippen LogP contribution in [0.2, 0.25) is 0 Å². The Bertz CT molecular complexity index is 666. The molecule has 0 spiro atoms. The topological polar surface area (TPSA) is 122 Å². The van der Waals surface area contributed by atoms with Crippen molar-refractivity contribution in [1.29, 1.82) is 0 Å². The number of unbranched alkanes of at least 4 members (excludes halogenated alkanes) is 22. The molecule has 0 aromatic carbocycles. The molecule has 2 atom stereocenters. The second-order valence-corrected chi connectivity index (χ2v) is 13.0. The number of hydrogen-bond acceptors (Lipinski definition) is 7. The van der Waals surface area contributed by atoms with E-state index in [-0.39, 0.29) is 19.4 Å². The first-order chi connectivity index (χ1) is 20.3. The fourth-order valence-corrected chi connectivity index (χ4v) is 5.37. The quantitative estimate of drug-likeness (QED) is 0.0449. The minimum absolute atomic E-state index is 0.203. The third kappa shape index (κ3) is 32.0. The van der Waals surface area contributed by atoms with E-state index in [1.807, 2.05) is 0 Å². The first-order valence-electron chi connectivity index (χ1n) is 17.3. The van der Waals surface area contributed by atoms with Crippen molar-refractivity contribution in [3.63, 3.8) is 0 Å². The lowest BCUT2D eigenvalue weighted by Gasteiger charge is -2.21. The highest BCUT2D eigenvalue weighted by Crippen LogP contribution is 2.30. The Morgan fingerprint density at radius 1 is 0.571 bits per heavy atom. The van der Waals surface area contributed by atoms with Gasteiger partial charge in [0.2, 0.25) is 0 Å². The minimum Gasteiger partial charge on any atom is -0.756 e. The molecule has 0 amide bonds. The molecule has 0 aromatic heterocycles. The monoisotopic (exact) mass is 619 g/mol. The summed E-state index contributed by atoms with van der Waals surface area (Å²) in [4.78, 5) is 44.3. The van der Waals surface area contributed by atoms with Gasteiger partial charge in [0.1, 0.15) is 6.61 Å². The van der Waals surface area contributed by atoms with Gasteiger partial charge in [-0.05, 0) is 12.8 Å². The van der Waals surface area contributed by atoms with Crippen LogP contribution in [0.1, 0.15) is 181 Å². The molecule has 0 rings (SSSR count). The summed E-state index contributed by atoms with van der Waals surface area (Å²) in [5.74, 6) is -0.912. The van der Waals surface area contributed by atoms with E-state index in [2.05, 4.69) is 18.4 Å². The van der Waals surface area contributed by atoms with Gasteiger partial charge in [0, 0.05) is 12.8 Å². The van der Waals surface area contributed by atoms with Crippen LogP contribution < -0.4 is 4.89 Å². The number of ether oxygens (including phenoxy) is 2. The van der Waals surface area contributed by atoms with Gasteiger partial charge in [-0.1, -0.05) is 155 Å². The first-order valence-corrected chi connectivity index (χ1v) is 18.8. The van der Waals surface area contributed by atoms with Gasteiger partial charge in [-0.15, -0.1) is 0 Å². The molecule has 42 heavy (non-hydrogen) atoms. The van der Waals surface area contributed by atoms with Crippen molar-refractivity contribution in [2.45, 2.75) is 187 Å². The molecule has 0 aliphatic carbocycles. The summed E-state index contributed by atoms with van der Waals surface area (Å²) in [6.45, 7) is 3.57. The molecule has 0 saturated heterocycles. The second kappa shape index (κ2) is 30.1. The van der Waals surface area contributed by atoms with Crippen LogP contribution in [-0.4, -0.2) is 36.1 Å². The summed E-state index contributed by atoms with van der Waals surface area (Å²) in [6.07, 6.45) is 28.0. The number of phosphoric ester groups is 1. The molecule has 0 radical (unpaired) electrons. The van der Waals surface area contributed by atoms with Crippen molar-refractivity contribution in [3.8, 4) is 0 Å². The Morgan fingerprint density at radius 3 is 1.26 bits per heavy atom. The van der Waals surface area contributed by atoms with E-state index in [1.165, 1.54) is 109 Å². The lowest BCUT2D eigenvalue weighted by atomic mass is 10.0. The Hall–Kier alpha value is -0.950. The predicted octanol–water partition coefficient (Wildman–Crippen LogP) is 9.10. The molecule has 0 saturated carbocycles. The van der Waals surface area contributed by atoms with Crippen LogP contribution in [0.15, 0.2) is 0 Å². The van der Waals surface area contributed by atoms with Crippen LogP contribution in [0, 0.1) is 0 Å². The molecular weight excluding hydrogens is 555 g/mol. The van der Waals surface area contributed by atoms with Crippen molar-refractivity contribution < 1.29 is 37.9 Å². The van der Waals surface area contributed by atoms with E-state index in [4.69, 9.17) is 14.4 Å². The molecule has 0 aromatic rings. The average molecular weight is 620 g/mol. The van der Waals surface area contributed by atoms with Crippen LogP contribution >= 0.6 is 7.82 Å². The molecule has 0 aliphatic rings.